The van der Waals surface area contributed by atoms with Gasteiger partial charge in [0.1, 0.15) is 0 Å². The van der Waals surface area contributed by atoms with Crippen molar-refractivity contribution >= 4 is 10.2 Å². The molecule has 66 valence electrons. The van der Waals surface area contributed by atoms with Gasteiger partial charge in [0.25, 0.3) is 10.2 Å². The van der Waals surface area contributed by atoms with E-state index in [-0.39, 0.29) is 5.54 Å². The fourth-order valence-corrected chi connectivity index (χ4v) is 2.24. The second-order valence-corrected chi connectivity index (χ2v) is 4.47. The van der Waals surface area contributed by atoms with E-state index in [0.717, 1.165) is 25.7 Å². The van der Waals surface area contributed by atoms with Crippen molar-refractivity contribution in [1.29, 1.82) is 0 Å². The van der Waals surface area contributed by atoms with E-state index in [2.05, 4.69) is 4.72 Å². The van der Waals surface area contributed by atoms with Crippen LogP contribution >= 0.6 is 0 Å². The summed E-state index contributed by atoms with van der Waals surface area (Å²) in [6.45, 7) is 2.03. The minimum absolute atomic E-state index is 0.178. The van der Waals surface area contributed by atoms with Crippen LogP contribution in [0.4, 0.5) is 0 Å². The SMILES string of the molecule is CCCC1(NS(N)(=O)=O)CC1. The van der Waals surface area contributed by atoms with Gasteiger partial charge in [0.2, 0.25) is 0 Å². The van der Waals surface area contributed by atoms with Crippen LogP contribution in [0.2, 0.25) is 0 Å². The minimum atomic E-state index is -3.49. The van der Waals surface area contributed by atoms with E-state index in [1.807, 2.05) is 6.92 Å². The predicted molar refractivity (Wildman–Crippen MR) is 43.1 cm³/mol. The lowest BCUT2D eigenvalue weighted by Crippen LogP contribution is -2.40. The fourth-order valence-electron chi connectivity index (χ4n) is 1.33. The average molecular weight is 178 g/mol. The first-order chi connectivity index (χ1) is 4.97. The molecule has 1 saturated carbocycles. The Morgan fingerprint density at radius 3 is 2.36 bits per heavy atom. The van der Waals surface area contributed by atoms with Gasteiger partial charge >= 0.3 is 0 Å². The van der Waals surface area contributed by atoms with Crippen molar-refractivity contribution in [2.75, 3.05) is 0 Å². The predicted octanol–water partition coefficient (Wildman–Crippen LogP) is 0.112. The molecule has 1 fully saturated rings. The van der Waals surface area contributed by atoms with Crippen molar-refractivity contribution in [3.8, 4) is 0 Å². The normalized spacial score (nSPS) is 21.6. The van der Waals surface area contributed by atoms with Crippen LogP contribution in [0.1, 0.15) is 32.6 Å². The number of nitrogens with two attached hydrogens (primary N) is 1. The molecule has 1 aliphatic carbocycles. The molecule has 0 atom stereocenters. The Balaban J connectivity index is 2.48. The van der Waals surface area contributed by atoms with E-state index >= 15 is 0 Å². The van der Waals surface area contributed by atoms with Gasteiger partial charge in [-0.2, -0.15) is 13.1 Å². The maximum Gasteiger partial charge on any atom is 0.274 e. The summed E-state index contributed by atoms with van der Waals surface area (Å²) in [5, 5.41) is 4.85. The largest absolute Gasteiger partial charge is 0.274 e. The molecule has 5 heteroatoms. The highest BCUT2D eigenvalue weighted by Crippen LogP contribution is 2.39. The maximum absolute atomic E-state index is 10.6. The van der Waals surface area contributed by atoms with Gasteiger partial charge in [0.05, 0.1) is 0 Å². The third-order valence-corrected chi connectivity index (χ3v) is 2.66. The van der Waals surface area contributed by atoms with Gasteiger partial charge < -0.3 is 0 Å². The van der Waals surface area contributed by atoms with Crippen LogP contribution < -0.4 is 9.86 Å². The van der Waals surface area contributed by atoms with Crippen molar-refractivity contribution in [1.82, 2.24) is 4.72 Å². The standard InChI is InChI=1S/C6H14N2O2S/c1-2-3-6(4-5-6)8-11(7,9)10/h8H,2-5H2,1H3,(H2,7,9,10). The highest BCUT2D eigenvalue weighted by atomic mass is 32.2. The zero-order valence-electron chi connectivity index (χ0n) is 6.63. The van der Waals surface area contributed by atoms with E-state index in [1.165, 1.54) is 0 Å². The highest BCUT2D eigenvalue weighted by Gasteiger charge is 2.43. The topological polar surface area (TPSA) is 72.2 Å². The summed E-state index contributed by atoms with van der Waals surface area (Å²) >= 11 is 0. The van der Waals surface area contributed by atoms with Crippen molar-refractivity contribution < 1.29 is 8.42 Å². The van der Waals surface area contributed by atoms with Gasteiger partial charge in [0.15, 0.2) is 0 Å². The molecular formula is C6H14N2O2S. The Hall–Kier alpha value is -0.130. The van der Waals surface area contributed by atoms with Crippen LogP contribution in [0, 0.1) is 0 Å². The van der Waals surface area contributed by atoms with Gasteiger partial charge in [-0.15, -0.1) is 0 Å². The number of nitrogens with one attached hydrogen (secondary N) is 1. The van der Waals surface area contributed by atoms with Crippen molar-refractivity contribution in [3.63, 3.8) is 0 Å². The zero-order valence-corrected chi connectivity index (χ0v) is 7.45. The molecule has 0 heterocycles. The molecule has 1 rings (SSSR count). The first-order valence-corrected chi connectivity index (χ1v) is 5.34. The number of hydrogen-bond donors (Lipinski definition) is 2. The zero-order chi connectivity index (χ0) is 8.54. The molecule has 0 amide bonds. The summed E-state index contributed by atoms with van der Waals surface area (Å²) < 4.78 is 23.7. The van der Waals surface area contributed by atoms with Crippen molar-refractivity contribution in [2.45, 2.75) is 38.1 Å². The van der Waals surface area contributed by atoms with Crippen LogP contribution in [0.15, 0.2) is 0 Å². The summed E-state index contributed by atoms with van der Waals surface area (Å²) in [5.74, 6) is 0. The first-order valence-electron chi connectivity index (χ1n) is 3.79. The molecule has 0 aromatic carbocycles. The molecule has 3 N–H and O–H groups in total. The summed E-state index contributed by atoms with van der Waals surface area (Å²) in [5.41, 5.74) is -0.178. The number of rotatable bonds is 4. The van der Waals surface area contributed by atoms with Gasteiger partial charge in [-0.25, -0.2) is 5.14 Å². The lowest BCUT2D eigenvalue weighted by atomic mass is 10.1. The monoisotopic (exact) mass is 178 g/mol. The molecule has 0 bridgehead atoms. The van der Waals surface area contributed by atoms with Gasteiger partial charge in [0, 0.05) is 5.54 Å². The molecule has 11 heavy (non-hydrogen) atoms. The third kappa shape index (κ3) is 2.76. The summed E-state index contributed by atoms with van der Waals surface area (Å²) in [4.78, 5) is 0. The molecule has 4 nitrogen and oxygen atoms in total. The van der Waals surface area contributed by atoms with E-state index in [9.17, 15) is 8.42 Å². The Kier molecular flexibility index (Phi) is 2.22. The van der Waals surface area contributed by atoms with Crippen LogP contribution in [0.25, 0.3) is 0 Å². The van der Waals surface area contributed by atoms with E-state index in [0.29, 0.717) is 0 Å². The van der Waals surface area contributed by atoms with Crippen LogP contribution in [-0.4, -0.2) is 14.0 Å². The quantitative estimate of drug-likeness (QED) is 0.641. The molecule has 0 unspecified atom stereocenters. The fraction of sp³-hybridized carbons (Fsp3) is 1.00. The van der Waals surface area contributed by atoms with Crippen LogP contribution in [0.5, 0.6) is 0 Å². The van der Waals surface area contributed by atoms with Gasteiger partial charge in [-0.3, -0.25) is 0 Å². The maximum atomic E-state index is 10.6. The lowest BCUT2D eigenvalue weighted by molar-refractivity contribution is 0.514. The first kappa shape index (κ1) is 8.96. The Morgan fingerprint density at radius 1 is 1.55 bits per heavy atom. The Bertz CT molecular complexity index is 231. The second kappa shape index (κ2) is 2.73. The third-order valence-electron chi connectivity index (χ3n) is 1.94. The summed E-state index contributed by atoms with van der Waals surface area (Å²) in [6.07, 6.45) is 3.74. The smallest absolute Gasteiger partial charge is 0.216 e. The average Bonchev–Trinajstić information content (AvgIpc) is 2.44. The van der Waals surface area contributed by atoms with Crippen LogP contribution in [0.3, 0.4) is 0 Å². The van der Waals surface area contributed by atoms with Gasteiger partial charge in [-0.1, -0.05) is 13.3 Å². The molecule has 0 radical (unpaired) electrons. The molecule has 1 aliphatic rings. The van der Waals surface area contributed by atoms with Crippen LogP contribution in [-0.2, 0) is 10.2 Å². The molecule has 0 saturated heterocycles. The van der Waals surface area contributed by atoms with Crippen molar-refractivity contribution in [3.05, 3.63) is 0 Å². The molecular weight excluding hydrogens is 164 g/mol. The molecule has 0 aliphatic heterocycles. The molecule has 0 spiro atoms. The summed E-state index contributed by atoms with van der Waals surface area (Å²) in [7, 11) is -3.49. The summed E-state index contributed by atoms with van der Waals surface area (Å²) in [6, 6.07) is 0. The Labute approximate surface area is 67.3 Å². The van der Waals surface area contributed by atoms with Gasteiger partial charge in [-0.05, 0) is 19.3 Å². The van der Waals surface area contributed by atoms with E-state index in [1.54, 1.807) is 0 Å². The lowest BCUT2D eigenvalue weighted by Gasteiger charge is -2.13. The molecule has 0 aromatic rings. The minimum Gasteiger partial charge on any atom is -0.216 e. The number of hydrogen-bond acceptors (Lipinski definition) is 2. The second-order valence-electron chi connectivity index (χ2n) is 3.18. The van der Waals surface area contributed by atoms with E-state index < -0.39 is 10.2 Å². The molecule has 0 aromatic heterocycles. The Morgan fingerprint density at radius 2 is 2.09 bits per heavy atom. The highest BCUT2D eigenvalue weighted by molar-refractivity contribution is 7.87. The van der Waals surface area contributed by atoms with E-state index in [4.69, 9.17) is 5.14 Å². The van der Waals surface area contributed by atoms with Crippen molar-refractivity contribution in [2.24, 2.45) is 5.14 Å².